The molecule has 1 saturated heterocycles. The molecule has 1 fully saturated rings. The summed E-state index contributed by atoms with van der Waals surface area (Å²) < 4.78 is 5.41. The van der Waals surface area contributed by atoms with Crippen molar-refractivity contribution in [2.45, 2.75) is 13.0 Å². The summed E-state index contributed by atoms with van der Waals surface area (Å²) in [6.07, 6.45) is 0. The Bertz CT molecular complexity index is 931. The molecule has 29 heavy (non-hydrogen) atoms. The van der Waals surface area contributed by atoms with Crippen LogP contribution >= 0.6 is 0 Å². The summed E-state index contributed by atoms with van der Waals surface area (Å²) in [6, 6.07) is 26.0. The highest BCUT2D eigenvalue weighted by Gasteiger charge is 2.18. The largest absolute Gasteiger partial charge is 0.378 e. The molecule has 4 nitrogen and oxygen atoms in total. The zero-order valence-electron chi connectivity index (χ0n) is 16.7. The van der Waals surface area contributed by atoms with Crippen molar-refractivity contribution in [3.63, 3.8) is 0 Å². The van der Waals surface area contributed by atoms with Gasteiger partial charge < -0.3 is 15.0 Å². The van der Waals surface area contributed by atoms with Gasteiger partial charge in [-0.1, -0.05) is 60.2 Å². The fourth-order valence-electron chi connectivity index (χ4n) is 3.62. The Labute approximate surface area is 172 Å². The molecule has 3 aromatic carbocycles. The first-order valence-electron chi connectivity index (χ1n) is 10.1. The molecule has 3 aromatic rings. The van der Waals surface area contributed by atoms with E-state index in [-0.39, 0.29) is 11.9 Å². The van der Waals surface area contributed by atoms with Crippen LogP contribution in [0.15, 0.2) is 78.9 Å². The van der Waals surface area contributed by atoms with Gasteiger partial charge in [0, 0.05) is 24.3 Å². The Morgan fingerprint density at radius 2 is 1.48 bits per heavy atom. The van der Waals surface area contributed by atoms with Crippen LogP contribution in [-0.4, -0.2) is 32.2 Å². The number of anilines is 1. The number of morpholine rings is 1. The number of ether oxygens (including phenoxy) is 1. The van der Waals surface area contributed by atoms with E-state index in [1.54, 1.807) is 0 Å². The van der Waals surface area contributed by atoms with Crippen LogP contribution in [0.5, 0.6) is 0 Å². The van der Waals surface area contributed by atoms with Crippen LogP contribution in [0.1, 0.15) is 33.1 Å². The lowest BCUT2D eigenvalue weighted by atomic mass is 9.97. The van der Waals surface area contributed by atoms with Crippen molar-refractivity contribution in [2.24, 2.45) is 0 Å². The molecule has 4 rings (SSSR count). The average molecular weight is 386 g/mol. The van der Waals surface area contributed by atoms with E-state index in [0.29, 0.717) is 5.56 Å². The molecule has 1 N–H and O–H groups in total. The van der Waals surface area contributed by atoms with E-state index in [1.165, 1.54) is 5.56 Å². The molecule has 0 aromatic heterocycles. The van der Waals surface area contributed by atoms with Gasteiger partial charge >= 0.3 is 0 Å². The molecular formula is C25H26N2O2. The van der Waals surface area contributed by atoms with Crippen molar-refractivity contribution in [3.8, 4) is 0 Å². The summed E-state index contributed by atoms with van der Waals surface area (Å²) in [6.45, 7) is 5.33. The Balaban J connectivity index is 1.54. The SMILES string of the molecule is Cc1ccc([C@H](NC(=O)c2ccc(N3CCOCC3)cc2)c2ccccc2)cc1. The first-order chi connectivity index (χ1) is 14.2. The van der Waals surface area contributed by atoms with Gasteiger partial charge in [0.1, 0.15) is 0 Å². The summed E-state index contributed by atoms with van der Waals surface area (Å²) in [5, 5.41) is 3.21. The van der Waals surface area contributed by atoms with Gasteiger partial charge in [-0.15, -0.1) is 0 Å². The predicted molar refractivity (Wildman–Crippen MR) is 116 cm³/mol. The number of hydrogen-bond donors (Lipinski definition) is 1. The zero-order valence-corrected chi connectivity index (χ0v) is 16.7. The molecule has 148 valence electrons. The van der Waals surface area contributed by atoms with Crippen LogP contribution in [0, 0.1) is 6.92 Å². The Hall–Kier alpha value is -3.11. The van der Waals surface area contributed by atoms with Crippen molar-refractivity contribution in [1.82, 2.24) is 5.32 Å². The lowest BCUT2D eigenvalue weighted by Crippen LogP contribution is -2.36. The standard InChI is InChI=1S/C25H26N2O2/c1-19-7-9-21(10-8-19)24(20-5-3-2-4-6-20)26-25(28)22-11-13-23(14-12-22)27-15-17-29-18-16-27/h2-14,24H,15-18H2,1H3,(H,26,28)/t24-/m1/s1. The molecule has 0 radical (unpaired) electrons. The monoisotopic (exact) mass is 386 g/mol. The molecule has 0 bridgehead atoms. The van der Waals surface area contributed by atoms with E-state index >= 15 is 0 Å². The summed E-state index contributed by atoms with van der Waals surface area (Å²) in [4.78, 5) is 15.3. The molecule has 1 heterocycles. The fraction of sp³-hybridized carbons (Fsp3) is 0.240. The Kier molecular flexibility index (Phi) is 5.92. The van der Waals surface area contributed by atoms with Gasteiger partial charge in [-0.2, -0.15) is 0 Å². The van der Waals surface area contributed by atoms with E-state index in [1.807, 2.05) is 54.6 Å². The molecule has 4 heteroatoms. The van der Waals surface area contributed by atoms with Gasteiger partial charge in [0.2, 0.25) is 0 Å². The Morgan fingerprint density at radius 3 is 2.14 bits per heavy atom. The topological polar surface area (TPSA) is 41.6 Å². The van der Waals surface area contributed by atoms with Gasteiger partial charge in [-0.05, 0) is 42.3 Å². The highest BCUT2D eigenvalue weighted by atomic mass is 16.5. The van der Waals surface area contributed by atoms with Crippen molar-refractivity contribution < 1.29 is 9.53 Å². The van der Waals surface area contributed by atoms with E-state index < -0.39 is 0 Å². The van der Waals surface area contributed by atoms with Crippen LogP contribution in [0.2, 0.25) is 0 Å². The van der Waals surface area contributed by atoms with Crippen LogP contribution in [0.25, 0.3) is 0 Å². The summed E-state index contributed by atoms with van der Waals surface area (Å²) in [5.74, 6) is -0.0760. The van der Waals surface area contributed by atoms with Crippen molar-refractivity contribution in [1.29, 1.82) is 0 Å². The maximum atomic E-state index is 13.0. The van der Waals surface area contributed by atoms with Gasteiger partial charge in [0.25, 0.3) is 5.91 Å². The summed E-state index contributed by atoms with van der Waals surface area (Å²) in [5.41, 5.74) is 5.12. The lowest BCUT2D eigenvalue weighted by Gasteiger charge is -2.29. The highest BCUT2D eigenvalue weighted by Crippen LogP contribution is 2.23. The third kappa shape index (κ3) is 4.66. The van der Waals surface area contributed by atoms with Crippen LogP contribution in [0.4, 0.5) is 5.69 Å². The number of benzene rings is 3. The molecule has 1 amide bonds. The lowest BCUT2D eigenvalue weighted by molar-refractivity contribution is 0.0943. The fourth-order valence-corrected chi connectivity index (χ4v) is 3.62. The normalized spacial score (nSPS) is 15.0. The Morgan fingerprint density at radius 1 is 0.862 bits per heavy atom. The second kappa shape index (κ2) is 8.93. The minimum Gasteiger partial charge on any atom is -0.378 e. The molecule has 0 spiro atoms. The number of hydrogen-bond acceptors (Lipinski definition) is 3. The summed E-state index contributed by atoms with van der Waals surface area (Å²) in [7, 11) is 0. The highest BCUT2D eigenvalue weighted by molar-refractivity contribution is 5.95. The third-order valence-electron chi connectivity index (χ3n) is 5.32. The van der Waals surface area contributed by atoms with Crippen molar-refractivity contribution in [2.75, 3.05) is 31.2 Å². The van der Waals surface area contributed by atoms with Crippen LogP contribution in [0.3, 0.4) is 0 Å². The van der Waals surface area contributed by atoms with E-state index in [0.717, 1.165) is 43.1 Å². The van der Waals surface area contributed by atoms with Crippen molar-refractivity contribution >= 4 is 11.6 Å². The number of carbonyl (C=O) groups is 1. The van der Waals surface area contributed by atoms with Gasteiger partial charge in [0.05, 0.1) is 19.3 Å². The number of rotatable bonds is 5. The smallest absolute Gasteiger partial charge is 0.252 e. The molecule has 1 atom stereocenters. The van der Waals surface area contributed by atoms with E-state index in [2.05, 4.69) is 41.4 Å². The molecule has 0 saturated carbocycles. The maximum Gasteiger partial charge on any atom is 0.252 e. The first kappa shape index (κ1) is 19.2. The number of amides is 1. The third-order valence-corrected chi connectivity index (χ3v) is 5.32. The first-order valence-corrected chi connectivity index (χ1v) is 10.1. The average Bonchev–Trinajstić information content (AvgIpc) is 2.79. The quantitative estimate of drug-likeness (QED) is 0.709. The second-order valence-corrected chi connectivity index (χ2v) is 7.37. The molecular weight excluding hydrogens is 360 g/mol. The molecule has 1 aliphatic heterocycles. The second-order valence-electron chi connectivity index (χ2n) is 7.37. The molecule has 0 unspecified atom stereocenters. The van der Waals surface area contributed by atoms with Gasteiger partial charge in [0.15, 0.2) is 0 Å². The summed E-state index contributed by atoms with van der Waals surface area (Å²) >= 11 is 0. The maximum absolute atomic E-state index is 13.0. The predicted octanol–water partition coefficient (Wildman–Crippen LogP) is 4.35. The minimum absolute atomic E-state index is 0.0760. The minimum atomic E-state index is -0.191. The number of nitrogens with one attached hydrogen (secondary N) is 1. The molecule has 1 aliphatic rings. The van der Waals surface area contributed by atoms with E-state index in [9.17, 15) is 4.79 Å². The number of nitrogens with zero attached hydrogens (tertiary/aromatic N) is 1. The molecule has 0 aliphatic carbocycles. The van der Waals surface area contributed by atoms with Crippen LogP contribution < -0.4 is 10.2 Å². The van der Waals surface area contributed by atoms with Crippen LogP contribution in [-0.2, 0) is 4.74 Å². The zero-order chi connectivity index (χ0) is 20.1. The van der Waals surface area contributed by atoms with E-state index in [4.69, 9.17) is 4.74 Å². The number of aryl methyl sites for hydroxylation is 1. The van der Waals surface area contributed by atoms with Crippen molar-refractivity contribution in [3.05, 3.63) is 101 Å². The van der Waals surface area contributed by atoms with Gasteiger partial charge in [-0.25, -0.2) is 0 Å². The number of carbonyl (C=O) groups excluding carboxylic acids is 1. The van der Waals surface area contributed by atoms with Gasteiger partial charge in [-0.3, -0.25) is 4.79 Å².